The van der Waals surface area contributed by atoms with E-state index >= 15 is 0 Å². The first kappa shape index (κ1) is 14.7. The number of hydrogen-bond acceptors (Lipinski definition) is 7. The van der Waals surface area contributed by atoms with Crippen LogP contribution < -0.4 is 11.1 Å². The maximum absolute atomic E-state index is 11.7. The van der Waals surface area contributed by atoms with Gasteiger partial charge in [-0.2, -0.15) is 4.37 Å². The summed E-state index contributed by atoms with van der Waals surface area (Å²) in [5.74, 6) is -0.251. The fourth-order valence-electron chi connectivity index (χ4n) is 1.36. The number of aromatic nitrogens is 1. The van der Waals surface area contributed by atoms with E-state index in [4.69, 9.17) is 15.2 Å². The molecule has 1 aromatic rings. The van der Waals surface area contributed by atoms with Crippen LogP contribution >= 0.6 is 11.5 Å². The van der Waals surface area contributed by atoms with Crippen LogP contribution in [0.25, 0.3) is 0 Å². The van der Waals surface area contributed by atoms with Crippen molar-refractivity contribution in [3.63, 3.8) is 0 Å². The highest BCUT2D eigenvalue weighted by Gasteiger charge is 2.21. The molecule has 0 fully saturated rings. The first-order valence-electron chi connectivity index (χ1n) is 5.86. The number of ether oxygens (including phenoxy) is 2. The molecule has 0 spiro atoms. The van der Waals surface area contributed by atoms with Crippen LogP contribution in [-0.2, 0) is 9.47 Å². The Labute approximate surface area is 111 Å². The maximum atomic E-state index is 11.7. The number of nitrogen functional groups attached to an aromatic ring is 1. The van der Waals surface area contributed by atoms with Gasteiger partial charge in [0, 0.05) is 12.6 Å². The number of nitrogens with one attached hydrogen (secondary N) is 1. The Morgan fingerprint density at radius 1 is 1.50 bits per heavy atom. The van der Waals surface area contributed by atoms with E-state index in [1.807, 2.05) is 13.8 Å². The summed E-state index contributed by atoms with van der Waals surface area (Å²) in [5, 5.41) is 3.78. The van der Waals surface area contributed by atoms with E-state index in [0.29, 0.717) is 30.4 Å². The van der Waals surface area contributed by atoms with Crippen molar-refractivity contribution in [1.82, 2.24) is 4.37 Å². The minimum absolute atomic E-state index is 0.0676. The van der Waals surface area contributed by atoms with E-state index in [0.717, 1.165) is 11.5 Å². The van der Waals surface area contributed by atoms with Crippen molar-refractivity contribution in [1.29, 1.82) is 0 Å². The molecule has 0 radical (unpaired) electrons. The van der Waals surface area contributed by atoms with Gasteiger partial charge in [0.15, 0.2) is 5.82 Å². The summed E-state index contributed by atoms with van der Waals surface area (Å²) in [7, 11) is 0. The van der Waals surface area contributed by atoms with Crippen LogP contribution in [0, 0.1) is 0 Å². The van der Waals surface area contributed by atoms with Crippen LogP contribution in [0.2, 0.25) is 0 Å². The highest BCUT2D eigenvalue weighted by Crippen LogP contribution is 2.28. The molecule has 0 aliphatic heterocycles. The van der Waals surface area contributed by atoms with E-state index in [2.05, 4.69) is 9.69 Å². The van der Waals surface area contributed by atoms with Gasteiger partial charge < -0.3 is 20.5 Å². The number of hydrogen-bond donors (Lipinski definition) is 2. The molecule has 0 aliphatic carbocycles. The third kappa shape index (κ3) is 3.85. The molecule has 1 heterocycles. The summed E-state index contributed by atoms with van der Waals surface area (Å²) in [5.41, 5.74) is 5.99. The van der Waals surface area contributed by atoms with E-state index in [-0.39, 0.29) is 11.9 Å². The zero-order valence-corrected chi connectivity index (χ0v) is 11.7. The molecule has 0 saturated heterocycles. The minimum Gasteiger partial charge on any atom is -0.462 e. The quantitative estimate of drug-likeness (QED) is 0.736. The molecular weight excluding hydrogens is 254 g/mol. The largest absolute Gasteiger partial charge is 0.462 e. The fraction of sp³-hybridized carbons (Fsp3) is 0.636. The molecule has 0 amide bonds. The number of nitrogens with two attached hydrogens (primary N) is 1. The van der Waals surface area contributed by atoms with Crippen LogP contribution in [0.4, 0.5) is 10.8 Å². The van der Waals surface area contributed by atoms with Gasteiger partial charge in [-0.05, 0) is 32.3 Å². The molecule has 18 heavy (non-hydrogen) atoms. The molecule has 0 aliphatic rings. The Morgan fingerprint density at radius 2 is 2.22 bits per heavy atom. The first-order valence-corrected chi connectivity index (χ1v) is 6.64. The molecule has 1 aromatic heterocycles. The molecule has 0 saturated carbocycles. The summed E-state index contributed by atoms with van der Waals surface area (Å²) in [6.07, 6.45) is 0. The van der Waals surface area contributed by atoms with Gasteiger partial charge >= 0.3 is 5.97 Å². The molecule has 7 heteroatoms. The number of carbonyl (C=O) groups is 1. The van der Waals surface area contributed by atoms with Crippen molar-refractivity contribution in [3.8, 4) is 0 Å². The molecule has 1 unspecified atom stereocenters. The van der Waals surface area contributed by atoms with Gasteiger partial charge in [-0.25, -0.2) is 4.79 Å². The Kier molecular flexibility index (Phi) is 5.87. The first-order chi connectivity index (χ1) is 8.60. The smallest absolute Gasteiger partial charge is 0.344 e. The Morgan fingerprint density at radius 3 is 2.83 bits per heavy atom. The van der Waals surface area contributed by atoms with E-state index in [9.17, 15) is 4.79 Å². The molecule has 0 aromatic carbocycles. The zero-order valence-electron chi connectivity index (χ0n) is 10.9. The van der Waals surface area contributed by atoms with Gasteiger partial charge in [0.25, 0.3) is 0 Å². The van der Waals surface area contributed by atoms with Crippen molar-refractivity contribution < 1.29 is 14.3 Å². The second kappa shape index (κ2) is 7.17. The van der Waals surface area contributed by atoms with Crippen molar-refractivity contribution >= 4 is 28.3 Å². The zero-order chi connectivity index (χ0) is 13.5. The fourth-order valence-corrected chi connectivity index (χ4v) is 2.18. The van der Waals surface area contributed by atoms with Crippen LogP contribution in [0.3, 0.4) is 0 Å². The second-order valence-electron chi connectivity index (χ2n) is 3.70. The highest BCUT2D eigenvalue weighted by atomic mass is 32.1. The predicted molar refractivity (Wildman–Crippen MR) is 72.1 cm³/mol. The number of nitrogens with zero attached hydrogens (tertiary/aromatic N) is 1. The normalized spacial score (nSPS) is 12.2. The Balaban J connectivity index is 2.74. The van der Waals surface area contributed by atoms with E-state index < -0.39 is 5.97 Å². The lowest BCUT2D eigenvalue weighted by molar-refractivity contribution is 0.0529. The summed E-state index contributed by atoms with van der Waals surface area (Å²) >= 11 is 1.15. The van der Waals surface area contributed by atoms with Crippen LogP contribution in [0.15, 0.2) is 0 Å². The topological polar surface area (TPSA) is 86.5 Å². The van der Waals surface area contributed by atoms with Gasteiger partial charge in [0.1, 0.15) is 10.6 Å². The Bertz CT molecular complexity index is 395. The average Bonchev–Trinajstić information content (AvgIpc) is 2.68. The lowest BCUT2D eigenvalue weighted by Gasteiger charge is -2.14. The summed E-state index contributed by atoms with van der Waals surface area (Å²) < 4.78 is 14.2. The summed E-state index contributed by atoms with van der Waals surface area (Å²) in [6.45, 7) is 7.15. The third-order valence-corrected chi connectivity index (χ3v) is 2.94. The molecular formula is C11H19N3O3S. The average molecular weight is 273 g/mol. The third-order valence-electron chi connectivity index (χ3n) is 2.15. The van der Waals surface area contributed by atoms with Crippen LogP contribution in [0.1, 0.15) is 31.1 Å². The second-order valence-corrected chi connectivity index (χ2v) is 4.47. The highest BCUT2D eigenvalue weighted by molar-refractivity contribution is 7.11. The lowest BCUT2D eigenvalue weighted by atomic mass is 10.3. The lowest BCUT2D eigenvalue weighted by Crippen LogP contribution is -2.22. The molecule has 6 nitrogen and oxygen atoms in total. The van der Waals surface area contributed by atoms with E-state index in [1.165, 1.54) is 0 Å². The van der Waals surface area contributed by atoms with Gasteiger partial charge in [0.2, 0.25) is 0 Å². The van der Waals surface area contributed by atoms with Crippen molar-refractivity contribution in [2.45, 2.75) is 26.8 Å². The maximum Gasteiger partial charge on any atom is 0.344 e. The SMILES string of the molecule is CCOCC(C)Nc1snc(N)c1C(=O)OCC. The van der Waals surface area contributed by atoms with Crippen LogP contribution in [-0.4, -0.2) is 36.2 Å². The van der Waals surface area contributed by atoms with Gasteiger partial charge in [0.05, 0.1) is 13.2 Å². The van der Waals surface area contributed by atoms with Crippen molar-refractivity contribution in [3.05, 3.63) is 5.56 Å². The number of carbonyl (C=O) groups excluding carboxylic acids is 1. The standard InChI is InChI=1S/C11H19N3O3S/c1-4-16-6-7(3)13-10-8(9(12)14-18-10)11(15)17-5-2/h7,13H,4-6H2,1-3H3,(H2,12,14). The van der Waals surface area contributed by atoms with Crippen molar-refractivity contribution in [2.75, 3.05) is 30.9 Å². The molecule has 3 N–H and O–H groups in total. The predicted octanol–water partition coefficient (Wildman–Crippen LogP) is 1.74. The number of esters is 1. The Hall–Kier alpha value is -1.34. The molecule has 1 atom stereocenters. The molecule has 102 valence electrons. The molecule has 0 bridgehead atoms. The van der Waals surface area contributed by atoms with Crippen LogP contribution in [0.5, 0.6) is 0 Å². The monoisotopic (exact) mass is 273 g/mol. The van der Waals surface area contributed by atoms with Gasteiger partial charge in [-0.15, -0.1) is 0 Å². The minimum atomic E-state index is -0.449. The number of anilines is 2. The number of rotatable bonds is 7. The van der Waals surface area contributed by atoms with E-state index in [1.54, 1.807) is 6.92 Å². The summed E-state index contributed by atoms with van der Waals surface area (Å²) in [6, 6.07) is 0.0676. The summed E-state index contributed by atoms with van der Waals surface area (Å²) in [4.78, 5) is 11.7. The molecule has 1 rings (SSSR count). The van der Waals surface area contributed by atoms with Crippen molar-refractivity contribution in [2.24, 2.45) is 0 Å². The van der Waals surface area contributed by atoms with Gasteiger partial charge in [-0.3, -0.25) is 0 Å². The van der Waals surface area contributed by atoms with Gasteiger partial charge in [-0.1, -0.05) is 0 Å².